The molecular formula is C21H23N3O3. The van der Waals surface area contributed by atoms with Crippen LogP contribution in [0, 0.1) is 5.92 Å². The van der Waals surface area contributed by atoms with Crippen LogP contribution in [0.25, 0.3) is 0 Å². The summed E-state index contributed by atoms with van der Waals surface area (Å²) in [4.78, 5) is 31.2. The molecule has 1 aliphatic heterocycles. The quantitative estimate of drug-likeness (QED) is 0.879. The van der Waals surface area contributed by atoms with Crippen molar-refractivity contribution in [3.8, 4) is 11.6 Å². The molecule has 1 saturated carbocycles. The van der Waals surface area contributed by atoms with Crippen LogP contribution in [0.4, 0.5) is 5.69 Å². The van der Waals surface area contributed by atoms with Gasteiger partial charge >= 0.3 is 0 Å². The normalized spacial score (nSPS) is 20.1. The van der Waals surface area contributed by atoms with Gasteiger partial charge in [0.2, 0.25) is 17.7 Å². The number of likely N-dealkylation sites (tertiary alicyclic amines) is 1. The van der Waals surface area contributed by atoms with E-state index < -0.39 is 0 Å². The van der Waals surface area contributed by atoms with Crippen molar-refractivity contribution < 1.29 is 14.3 Å². The third kappa shape index (κ3) is 3.94. The van der Waals surface area contributed by atoms with Gasteiger partial charge in [0.25, 0.3) is 0 Å². The van der Waals surface area contributed by atoms with Crippen LogP contribution >= 0.6 is 0 Å². The summed E-state index contributed by atoms with van der Waals surface area (Å²) < 4.78 is 5.79. The highest BCUT2D eigenvalue weighted by Crippen LogP contribution is 2.31. The van der Waals surface area contributed by atoms with Gasteiger partial charge in [-0.3, -0.25) is 9.59 Å². The van der Waals surface area contributed by atoms with E-state index in [1.165, 1.54) is 12.8 Å². The molecule has 140 valence electrons. The molecule has 0 unspecified atom stereocenters. The minimum Gasteiger partial charge on any atom is -0.437 e. The molecular weight excluding hydrogens is 342 g/mol. The second-order valence-electron chi connectivity index (χ2n) is 7.15. The molecule has 1 aliphatic carbocycles. The Hall–Kier alpha value is -2.89. The first-order valence-electron chi connectivity index (χ1n) is 9.49. The Morgan fingerprint density at radius 2 is 1.89 bits per heavy atom. The molecule has 2 aromatic rings. The van der Waals surface area contributed by atoms with Crippen LogP contribution in [0.1, 0.15) is 32.1 Å². The molecule has 2 amide bonds. The lowest BCUT2D eigenvalue weighted by atomic mass is 10.1. The van der Waals surface area contributed by atoms with E-state index in [1.807, 2.05) is 35.2 Å². The molecule has 6 heteroatoms. The highest BCUT2D eigenvalue weighted by Gasteiger charge is 2.38. The fourth-order valence-electron chi connectivity index (χ4n) is 3.88. The summed E-state index contributed by atoms with van der Waals surface area (Å²) >= 11 is 0. The first-order valence-corrected chi connectivity index (χ1v) is 9.49. The average Bonchev–Trinajstić information content (AvgIpc) is 3.33. The predicted molar refractivity (Wildman–Crippen MR) is 101 cm³/mol. The molecule has 2 fully saturated rings. The molecule has 1 aromatic carbocycles. The Balaban J connectivity index is 1.43. The summed E-state index contributed by atoms with van der Waals surface area (Å²) in [5, 5.41) is 2.90. The molecule has 2 aliphatic rings. The Labute approximate surface area is 158 Å². The number of nitrogens with one attached hydrogen (secondary N) is 1. The number of rotatable bonds is 5. The number of amides is 2. The minimum atomic E-state index is -0.331. The van der Waals surface area contributed by atoms with E-state index in [0.717, 1.165) is 12.8 Å². The molecule has 1 saturated heterocycles. The number of pyridine rings is 1. The summed E-state index contributed by atoms with van der Waals surface area (Å²) in [6.07, 6.45) is 6.34. The van der Waals surface area contributed by atoms with Gasteiger partial charge in [-0.15, -0.1) is 0 Å². The van der Waals surface area contributed by atoms with Crippen molar-refractivity contribution >= 4 is 17.5 Å². The van der Waals surface area contributed by atoms with Crippen molar-refractivity contribution in [2.45, 2.75) is 38.1 Å². The van der Waals surface area contributed by atoms with E-state index >= 15 is 0 Å². The first-order chi connectivity index (χ1) is 13.2. The van der Waals surface area contributed by atoms with Gasteiger partial charge in [-0.1, -0.05) is 31.0 Å². The van der Waals surface area contributed by atoms with Crippen molar-refractivity contribution in [1.82, 2.24) is 9.88 Å². The zero-order chi connectivity index (χ0) is 18.6. The smallest absolute Gasteiger partial charge is 0.243 e. The topological polar surface area (TPSA) is 71.5 Å². The Morgan fingerprint density at radius 3 is 2.67 bits per heavy atom. The molecule has 2 heterocycles. The van der Waals surface area contributed by atoms with Crippen LogP contribution in [0.3, 0.4) is 0 Å². The third-order valence-electron chi connectivity index (χ3n) is 5.28. The maximum atomic E-state index is 12.8. The van der Waals surface area contributed by atoms with Gasteiger partial charge < -0.3 is 15.0 Å². The average molecular weight is 365 g/mol. The highest BCUT2D eigenvalue weighted by atomic mass is 16.5. The van der Waals surface area contributed by atoms with Gasteiger partial charge in [-0.25, -0.2) is 4.98 Å². The maximum absolute atomic E-state index is 12.8. The van der Waals surface area contributed by atoms with Crippen LogP contribution in [-0.2, 0) is 9.59 Å². The van der Waals surface area contributed by atoms with Gasteiger partial charge in [0.1, 0.15) is 11.4 Å². The Kier molecular flexibility index (Phi) is 5.05. The second kappa shape index (κ2) is 7.78. The molecule has 4 rings (SSSR count). The van der Waals surface area contributed by atoms with E-state index in [1.54, 1.807) is 18.3 Å². The Morgan fingerprint density at radius 1 is 1.11 bits per heavy atom. The third-order valence-corrected chi connectivity index (χ3v) is 5.28. The Bertz CT molecular complexity index is 818. The van der Waals surface area contributed by atoms with Gasteiger partial charge in [0.15, 0.2) is 0 Å². The summed E-state index contributed by atoms with van der Waals surface area (Å²) in [6.45, 7) is 0.504. The lowest BCUT2D eigenvalue weighted by molar-refractivity contribution is -0.129. The lowest BCUT2D eigenvalue weighted by Crippen LogP contribution is -2.35. The zero-order valence-corrected chi connectivity index (χ0v) is 15.1. The molecule has 0 spiro atoms. The summed E-state index contributed by atoms with van der Waals surface area (Å²) in [5.41, 5.74) is 0.512. The second-order valence-corrected chi connectivity index (χ2v) is 7.15. The highest BCUT2D eigenvalue weighted by molar-refractivity contribution is 5.98. The van der Waals surface area contributed by atoms with Crippen LogP contribution in [0.5, 0.6) is 11.6 Å². The molecule has 0 radical (unpaired) electrons. The number of ether oxygens (including phenoxy) is 1. The van der Waals surface area contributed by atoms with Crippen LogP contribution in [-0.4, -0.2) is 34.3 Å². The molecule has 1 N–H and O–H groups in total. The minimum absolute atomic E-state index is 0.0917. The predicted octanol–water partition coefficient (Wildman–Crippen LogP) is 3.60. The molecule has 1 aromatic heterocycles. The number of benzene rings is 1. The van der Waals surface area contributed by atoms with E-state index in [4.69, 9.17) is 4.74 Å². The van der Waals surface area contributed by atoms with Gasteiger partial charge in [0.05, 0.1) is 5.92 Å². The molecule has 0 bridgehead atoms. The van der Waals surface area contributed by atoms with Crippen molar-refractivity contribution in [1.29, 1.82) is 0 Å². The van der Waals surface area contributed by atoms with Crippen molar-refractivity contribution in [2.75, 3.05) is 11.9 Å². The van der Waals surface area contributed by atoms with E-state index in [2.05, 4.69) is 10.3 Å². The van der Waals surface area contributed by atoms with Gasteiger partial charge in [-0.05, 0) is 37.1 Å². The lowest BCUT2D eigenvalue weighted by Gasteiger charge is -2.23. The number of para-hydroxylation sites is 1. The summed E-state index contributed by atoms with van der Waals surface area (Å²) in [5.74, 6) is 0.593. The number of hydrogen-bond acceptors (Lipinski definition) is 4. The number of carbonyl (C=O) groups excluding carboxylic acids is 2. The SMILES string of the molecule is O=C(Nc1cccnc1Oc1ccccc1)[C@H]1CC(=O)N(C2CCCC2)C1. The standard InChI is InChI=1S/C21H23N3O3/c25-19-13-15(14-24(19)16-7-4-5-8-16)20(26)23-18-11-6-12-22-21(18)27-17-9-2-1-3-10-17/h1-3,6,9-12,15-16H,4-5,7-8,13-14H2,(H,23,26)/t15-/m0/s1. The zero-order valence-electron chi connectivity index (χ0n) is 15.1. The van der Waals surface area contributed by atoms with Crippen LogP contribution in [0.2, 0.25) is 0 Å². The fraction of sp³-hybridized carbons (Fsp3) is 0.381. The first kappa shape index (κ1) is 17.5. The van der Waals surface area contributed by atoms with Gasteiger partial charge in [-0.2, -0.15) is 0 Å². The van der Waals surface area contributed by atoms with Crippen molar-refractivity contribution in [3.05, 3.63) is 48.7 Å². The monoisotopic (exact) mass is 365 g/mol. The number of hydrogen-bond donors (Lipinski definition) is 1. The molecule has 27 heavy (non-hydrogen) atoms. The van der Waals surface area contributed by atoms with Crippen LogP contribution < -0.4 is 10.1 Å². The summed E-state index contributed by atoms with van der Waals surface area (Å²) in [7, 11) is 0. The molecule has 6 nitrogen and oxygen atoms in total. The van der Waals surface area contributed by atoms with Gasteiger partial charge in [0, 0.05) is 25.2 Å². The van der Waals surface area contributed by atoms with Crippen molar-refractivity contribution in [2.24, 2.45) is 5.92 Å². The van der Waals surface area contributed by atoms with Crippen LogP contribution in [0.15, 0.2) is 48.7 Å². The number of anilines is 1. The van der Waals surface area contributed by atoms with E-state index in [-0.39, 0.29) is 24.2 Å². The van der Waals surface area contributed by atoms with E-state index in [0.29, 0.717) is 29.9 Å². The number of carbonyl (C=O) groups is 2. The van der Waals surface area contributed by atoms with Crippen molar-refractivity contribution in [3.63, 3.8) is 0 Å². The van der Waals surface area contributed by atoms with E-state index in [9.17, 15) is 9.59 Å². The number of nitrogens with zero attached hydrogens (tertiary/aromatic N) is 2. The molecule has 1 atom stereocenters. The maximum Gasteiger partial charge on any atom is 0.243 e. The fourth-order valence-corrected chi connectivity index (χ4v) is 3.88. The summed E-state index contributed by atoms with van der Waals surface area (Å²) in [6, 6.07) is 13.1. The largest absolute Gasteiger partial charge is 0.437 e. The number of aromatic nitrogens is 1.